The van der Waals surface area contributed by atoms with Crippen LogP contribution in [-0.4, -0.2) is 22.8 Å². The molecule has 1 N–H and O–H groups in total. The number of halogens is 1. The minimum atomic E-state index is -0.225. The molecular weight excluding hydrogens is 264 g/mol. The Bertz CT molecular complexity index is 614. The molecule has 4 nitrogen and oxygen atoms in total. The third kappa shape index (κ3) is 3.45. The Labute approximate surface area is 115 Å². The van der Waals surface area contributed by atoms with Gasteiger partial charge in [0.25, 0.3) is 5.91 Å². The quantitative estimate of drug-likeness (QED) is 0.935. The molecule has 1 aromatic heterocycles. The third-order valence-corrected chi connectivity index (χ3v) is 2.96. The molecule has 0 atom stereocenters. The molecule has 0 radical (unpaired) electrons. The largest absolute Gasteiger partial charge is 0.337 e. The molecule has 2 rings (SSSR count). The number of carbonyl (C=O) groups excluding carboxylic acids is 1. The number of pyridine rings is 1. The summed E-state index contributed by atoms with van der Waals surface area (Å²) >= 11 is 5.81. The second-order valence-corrected chi connectivity index (χ2v) is 4.67. The third-order valence-electron chi connectivity index (χ3n) is 2.71. The summed E-state index contributed by atoms with van der Waals surface area (Å²) in [6.07, 6.45) is 1.42. The Kier molecular flexibility index (Phi) is 4.02. The number of carbonyl (C=O) groups is 1. The van der Waals surface area contributed by atoms with Gasteiger partial charge < -0.3 is 9.88 Å². The topological polar surface area (TPSA) is 53.2 Å². The average molecular weight is 277 g/mol. The standard InChI is InChI=1S/C14H13ClN2O2/c1-17(9-10-2-5-12(15)6-3-10)14(19)11-4-7-13(18)16-8-11/h2-8H,9H2,1H3,(H,16,18). The minimum Gasteiger partial charge on any atom is -0.337 e. The lowest BCUT2D eigenvalue weighted by molar-refractivity contribution is 0.0784. The Morgan fingerprint density at radius 2 is 1.89 bits per heavy atom. The van der Waals surface area contributed by atoms with E-state index in [0.29, 0.717) is 17.1 Å². The van der Waals surface area contributed by atoms with E-state index in [2.05, 4.69) is 4.98 Å². The summed E-state index contributed by atoms with van der Waals surface area (Å²) in [5.74, 6) is -0.147. The van der Waals surface area contributed by atoms with E-state index in [0.717, 1.165) is 5.56 Å². The fraction of sp³-hybridized carbons (Fsp3) is 0.143. The van der Waals surface area contributed by atoms with Crippen molar-refractivity contribution in [3.8, 4) is 0 Å². The number of aromatic nitrogens is 1. The molecule has 98 valence electrons. The number of rotatable bonds is 3. The van der Waals surface area contributed by atoms with Crippen molar-refractivity contribution >= 4 is 17.5 Å². The minimum absolute atomic E-state index is 0.147. The van der Waals surface area contributed by atoms with E-state index in [1.165, 1.54) is 18.3 Å². The molecule has 0 saturated carbocycles. The van der Waals surface area contributed by atoms with Gasteiger partial charge in [0, 0.05) is 30.9 Å². The van der Waals surface area contributed by atoms with Crippen molar-refractivity contribution in [2.24, 2.45) is 0 Å². The first-order chi connectivity index (χ1) is 9.06. The molecule has 1 aromatic carbocycles. The Morgan fingerprint density at radius 1 is 1.21 bits per heavy atom. The number of amides is 1. The van der Waals surface area contributed by atoms with Gasteiger partial charge in [0.2, 0.25) is 5.56 Å². The van der Waals surface area contributed by atoms with Crippen molar-refractivity contribution in [2.75, 3.05) is 7.05 Å². The highest BCUT2D eigenvalue weighted by Crippen LogP contribution is 2.12. The van der Waals surface area contributed by atoms with Gasteiger partial charge in [-0.3, -0.25) is 9.59 Å². The molecule has 0 bridgehead atoms. The number of nitrogens with one attached hydrogen (secondary N) is 1. The first-order valence-corrected chi connectivity index (χ1v) is 6.13. The summed E-state index contributed by atoms with van der Waals surface area (Å²) in [4.78, 5) is 27.1. The van der Waals surface area contributed by atoms with Crippen molar-refractivity contribution in [3.63, 3.8) is 0 Å². The van der Waals surface area contributed by atoms with Crippen LogP contribution in [-0.2, 0) is 6.54 Å². The molecule has 0 unspecified atom stereocenters. The molecule has 1 amide bonds. The van der Waals surface area contributed by atoms with Crippen LogP contribution in [0.2, 0.25) is 5.02 Å². The van der Waals surface area contributed by atoms with Crippen LogP contribution >= 0.6 is 11.6 Å². The highest BCUT2D eigenvalue weighted by molar-refractivity contribution is 6.30. The highest BCUT2D eigenvalue weighted by atomic mass is 35.5. The lowest BCUT2D eigenvalue weighted by atomic mass is 10.2. The zero-order chi connectivity index (χ0) is 13.8. The van der Waals surface area contributed by atoms with Gasteiger partial charge >= 0.3 is 0 Å². The average Bonchev–Trinajstić information content (AvgIpc) is 2.41. The van der Waals surface area contributed by atoms with Crippen LogP contribution < -0.4 is 5.56 Å². The van der Waals surface area contributed by atoms with Crippen molar-refractivity contribution in [2.45, 2.75) is 6.54 Å². The molecule has 0 spiro atoms. The van der Waals surface area contributed by atoms with Crippen LogP contribution in [0.4, 0.5) is 0 Å². The normalized spacial score (nSPS) is 10.2. The van der Waals surface area contributed by atoms with Gasteiger partial charge in [-0.25, -0.2) is 0 Å². The van der Waals surface area contributed by atoms with Crippen molar-refractivity contribution in [3.05, 3.63) is 69.1 Å². The molecule has 0 aliphatic carbocycles. The fourth-order valence-corrected chi connectivity index (χ4v) is 1.83. The summed E-state index contributed by atoms with van der Waals surface area (Å²) in [5, 5.41) is 0.665. The predicted octanol–water partition coefficient (Wildman–Crippen LogP) is 2.30. The lowest BCUT2D eigenvalue weighted by Gasteiger charge is -2.17. The van der Waals surface area contributed by atoms with E-state index in [4.69, 9.17) is 11.6 Å². The highest BCUT2D eigenvalue weighted by Gasteiger charge is 2.11. The van der Waals surface area contributed by atoms with Gasteiger partial charge in [-0.2, -0.15) is 0 Å². The van der Waals surface area contributed by atoms with E-state index in [1.54, 1.807) is 24.1 Å². The van der Waals surface area contributed by atoms with Gasteiger partial charge in [-0.05, 0) is 23.8 Å². The van der Waals surface area contributed by atoms with E-state index in [9.17, 15) is 9.59 Å². The first-order valence-electron chi connectivity index (χ1n) is 5.75. The molecule has 0 aliphatic rings. The fourth-order valence-electron chi connectivity index (χ4n) is 1.70. The van der Waals surface area contributed by atoms with E-state index in [1.807, 2.05) is 12.1 Å². The lowest BCUT2D eigenvalue weighted by Crippen LogP contribution is -2.26. The Hall–Kier alpha value is -2.07. The van der Waals surface area contributed by atoms with E-state index < -0.39 is 0 Å². The van der Waals surface area contributed by atoms with Crippen molar-refractivity contribution < 1.29 is 4.79 Å². The number of aromatic amines is 1. The van der Waals surface area contributed by atoms with Gasteiger partial charge in [0.15, 0.2) is 0 Å². The van der Waals surface area contributed by atoms with Gasteiger partial charge in [-0.15, -0.1) is 0 Å². The molecule has 0 fully saturated rings. The zero-order valence-electron chi connectivity index (χ0n) is 10.4. The number of H-pyrrole nitrogens is 1. The van der Waals surface area contributed by atoms with Crippen molar-refractivity contribution in [1.29, 1.82) is 0 Å². The molecule has 0 saturated heterocycles. The van der Waals surface area contributed by atoms with Crippen LogP contribution in [0.5, 0.6) is 0 Å². The molecule has 1 heterocycles. The monoisotopic (exact) mass is 276 g/mol. The number of hydrogen-bond acceptors (Lipinski definition) is 2. The summed E-state index contributed by atoms with van der Waals surface area (Å²) in [5.41, 5.74) is 1.22. The molecule has 5 heteroatoms. The maximum absolute atomic E-state index is 12.1. The van der Waals surface area contributed by atoms with E-state index in [-0.39, 0.29) is 11.5 Å². The number of nitrogens with zero attached hydrogens (tertiary/aromatic N) is 1. The maximum Gasteiger partial charge on any atom is 0.255 e. The SMILES string of the molecule is CN(Cc1ccc(Cl)cc1)C(=O)c1ccc(=O)[nH]c1. The van der Waals surface area contributed by atoms with Crippen LogP contribution in [0.25, 0.3) is 0 Å². The van der Waals surface area contributed by atoms with Gasteiger partial charge in [0.1, 0.15) is 0 Å². The summed E-state index contributed by atoms with van der Waals surface area (Å²) in [7, 11) is 1.71. The smallest absolute Gasteiger partial charge is 0.255 e. The van der Waals surface area contributed by atoms with Gasteiger partial charge in [0.05, 0.1) is 5.56 Å². The molecule has 0 aliphatic heterocycles. The summed E-state index contributed by atoms with van der Waals surface area (Å²) in [6.45, 7) is 0.481. The van der Waals surface area contributed by atoms with Crippen LogP contribution in [0.3, 0.4) is 0 Å². The second kappa shape index (κ2) is 5.71. The molecule has 19 heavy (non-hydrogen) atoms. The Balaban J connectivity index is 2.09. The first kappa shape index (κ1) is 13.4. The van der Waals surface area contributed by atoms with E-state index >= 15 is 0 Å². The maximum atomic E-state index is 12.1. The molecular formula is C14H13ClN2O2. The number of hydrogen-bond donors (Lipinski definition) is 1. The van der Waals surface area contributed by atoms with Crippen LogP contribution in [0.15, 0.2) is 47.4 Å². The Morgan fingerprint density at radius 3 is 2.47 bits per heavy atom. The number of benzene rings is 1. The van der Waals surface area contributed by atoms with Gasteiger partial charge in [-0.1, -0.05) is 23.7 Å². The second-order valence-electron chi connectivity index (χ2n) is 4.23. The molecule has 2 aromatic rings. The van der Waals surface area contributed by atoms with Crippen LogP contribution in [0.1, 0.15) is 15.9 Å². The zero-order valence-corrected chi connectivity index (χ0v) is 11.1. The van der Waals surface area contributed by atoms with Crippen molar-refractivity contribution in [1.82, 2.24) is 9.88 Å². The predicted molar refractivity (Wildman–Crippen MR) is 74.3 cm³/mol. The summed E-state index contributed by atoms with van der Waals surface area (Å²) in [6, 6.07) is 10.2. The van der Waals surface area contributed by atoms with Crippen LogP contribution in [0, 0.1) is 0 Å². The summed E-state index contributed by atoms with van der Waals surface area (Å²) < 4.78 is 0.